The van der Waals surface area contributed by atoms with Gasteiger partial charge in [0.25, 0.3) is 5.91 Å². The van der Waals surface area contributed by atoms with E-state index in [-0.39, 0.29) is 12.5 Å². The van der Waals surface area contributed by atoms with E-state index in [1.807, 2.05) is 13.0 Å². The number of rotatable bonds is 8. The highest BCUT2D eigenvalue weighted by molar-refractivity contribution is 7.12. The molecule has 0 radical (unpaired) electrons. The van der Waals surface area contributed by atoms with Gasteiger partial charge < -0.3 is 10.1 Å². The third kappa shape index (κ3) is 4.76. The number of thiophene rings is 1. The third-order valence-corrected chi connectivity index (χ3v) is 4.64. The number of nitrogens with zero attached hydrogens (tertiary/aromatic N) is 4. The van der Waals surface area contributed by atoms with E-state index in [9.17, 15) is 9.59 Å². The molecule has 1 N–H and O–H groups in total. The minimum Gasteiger partial charge on any atom is -0.456 e. The van der Waals surface area contributed by atoms with Crippen molar-refractivity contribution in [2.24, 2.45) is 0 Å². The van der Waals surface area contributed by atoms with Gasteiger partial charge in [0.05, 0.1) is 4.88 Å². The van der Waals surface area contributed by atoms with E-state index >= 15 is 0 Å². The van der Waals surface area contributed by atoms with Gasteiger partial charge in [0.2, 0.25) is 0 Å². The van der Waals surface area contributed by atoms with Crippen LogP contribution in [0.1, 0.15) is 40.4 Å². The lowest BCUT2D eigenvalue weighted by Crippen LogP contribution is -2.34. The van der Waals surface area contributed by atoms with E-state index in [1.54, 1.807) is 46.5 Å². The Kier molecular flexibility index (Phi) is 6.26. The first kappa shape index (κ1) is 18.7. The van der Waals surface area contributed by atoms with E-state index in [0.717, 1.165) is 6.42 Å². The van der Waals surface area contributed by atoms with Crippen molar-refractivity contribution in [3.63, 3.8) is 0 Å². The van der Waals surface area contributed by atoms with Crippen LogP contribution in [0, 0.1) is 0 Å². The second-order valence-electron chi connectivity index (χ2n) is 5.72. The fraction of sp³-hybridized carbons (Fsp3) is 0.278. The van der Waals surface area contributed by atoms with E-state index < -0.39 is 12.0 Å². The molecule has 2 aromatic heterocycles. The molecule has 0 aliphatic heterocycles. The topological polar surface area (TPSA) is 99.0 Å². The highest BCUT2D eigenvalue weighted by atomic mass is 32.1. The average molecular weight is 385 g/mol. The summed E-state index contributed by atoms with van der Waals surface area (Å²) in [6, 6.07) is 11.5. The number of aromatic nitrogens is 4. The standard InChI is InChI=1S/C18H19N5O3S/c1-2-10-23-15(20-21-22-23)12-26-18(25)16(13-7-4-3-5-8-13)19-17(24)14-9-6-11-27-14/h3-9,11,16H,2,10,12H2,1H3,(H,19,24)/t16-/m0/s1. The van der Waals surface area contributed by atoms with Crippen LogP contribution in [0.15, 0.2) is 47.8 Å². The first-order valence-corrected chi connectivity index (χ1v) is 9.38. The molecule has 0 bridgehead atoms. The Morgan fingerprint density at radius 3 is 2.74 bits per heavy atom. The summed E-state index contributed by atoms with van der Waals surface area (Å²) in [5.74, 6) is -0.439. The highest BCUT2D eigenvalue weighted by Gasteiger charge is 2.25. The van der Waals surface area contributed by atoms with Crippen molar-refractivity contribution in [2.45, 2.75) is 32.5 Å². The van der Waals surface area contributed by atoms with Crippen molar-refractivity contribution in [3.05, 3.63) is 64.1 Å². The van der Waals surface area contributed by atoms with Crippen molar-refractivity contribution >= 4 is 23.2 Å². The smallest absolute Gasteiger partial charge is 0.333 e. The highest BCUT2D eigenvalue weighted by Crippen LogP contribution is 2.17. The minimum absolute atomic E-state index is 0.0654. The average Bonchev–Trinajstić information content (AvgIpc) is 3.37. The van der Waals surface area contributed by atoms with Gasteiger partial charge in [0.1, 0.15) is 0 Å². The Labute approximate surface area is 160 Å². The van der Waals surface area contributed by atoms with Gasteiger partial charge in [-0.1, -0.05) is 43.3 Å². The van der Waals surface area contributed by atoms with E-state index in [2.05, 4.69) is 20.8 Å². The number of benzene rings is 1. The van der Waals surface area contributed by atoms with Gasteiger partial charge >= 0.3 is 5.97 Å². The third-order valence-electron chi connectivity index (χ3n) is 3.77. The number of hydrogen-bond donors (Lipinski definition) is 1. The first-order valence-electron chi connectivity index (χ1n) is 8.50. The summed E-state index contributed by atoms with van der Waals surface area (Å²) in [4.78, 5) is 25.6. The predicted molar refractivity (Wildman–Crippen MR) is 98.9 cm³/mol. The molecule has 0 unspecified atom stereocenters. The van der Waals surface area contributed by atoms with Crippen LogP contribution >= 0.6 is 11.3 Å². The van der Waals surface area contributed by atoms with Crippen LogP contribution in [0.3, 0.4) is 0 Å². The largest absolute Gasteiger partial charge is 0.456 e. The van der Waals surface area contributed by atoms with Crippen LogP contribution in [-0.4, -0.2) is 32.1 Å². The number of ether oxygens (including phenoxy) is 1. The SMILES string of the molecule is CCCn1nnnc1COC(=O)[C@@H](NC(=O)c1cccs1)c1ccccc1. The van der Waals surface area contributed by atoms with Crippen molar-refractivity contribution in [2.75, 3.05) is 0 Å². The van der Waals surface area contributed by atoms with Gasteiger partial charge in [-0.05, 0) is 33.9 Å². The van der Waals surface area contributed by atoms with Gasteiger partial charge in [0.15, 0.2) is 18.5 Å². The van der Waals surface area contributed by atoms with Crippen molar-refractivity contribution < 1.29 is 14.3 Å². The summed E-state index contributed by atoms with van der Waals surface area (Å²) < 4.78 is 6.99. The van der Waals surface area contributed by atoms with Crippen LogP contribution in [-0.2, 0) is 22.7 Å². The van der Waals surface area contributed by atoms with Crippen molar-refractivity contribution in [1.29, 1.82) is 0 Å². The Hall–Kier alpha value is -3.07. The molecule has 0 fully saturated rings. The number of nitrogens with one attached hydrogen (secondary N) is 1. The predicted octanol–water partition coefficient (Wildman–Crippen LogP) is 2.36. The molecule has 3 aromatic rings. The number of esters is 1. The summed E-state index contributed by atoms with van der Waals surface area (Å²) in [6.07, 6.45) is 0.857. The Bertz CT molecular complexity index is 880. The number of amides is 1. The Morgan fingerprint density at radius 1 is 1.22 bits per heavy atom. The number of aryl methyl sites for hydroxylation is 1. The molecule has 3 rings (SSSR count). The second kappa shape index (κ2) is 9.04. The molecule has 2 heterocycles. The molecule has 0 saturated heterocycles. The molecule has 1 aromatic carbocycles. The molecule has 0 saturated carbocycles. The van der Waals surface area contributed by atoms with Crippen LogP contribution in [0.2, 0.25) is 0 Å². The fourth-order valence-electron chi connectivity index (χ4n) is 2.46. The first-order chi connectivity index (χ1) is 13.2. The molecule has 0 spiro atoms. The van der Waals surface area contributed by atoms with Crippen LogP contribution < -0.4 is 5.32 Å². The van der Waals surface area contributed by atoms with Crippen LogP contribution in [0.4, 0.5) is 0 Å². The Morgan fingerprint density at radius 2 is 2.04 bits per heavy atom. The maximum atomic E-state index is 12.7. The monoisotopic (exact) mass is 385 g/mol. The molecule has 8 nitrogen and oxygen atoms in total. The van der Waals surface area contributed by atoms with Crippen molar-refractivity contribution in [3.8, 4) is 0 Å². The number of hydrogen-bond acceptors (Lipinski definition) is 7. The molecule has 1 amide bonds. The molecule has 0 aliphatic rings. The lowest BCUT2D eigenvalue weighted by molar-refractivity contribution is -0.147. The van der Waals surface area contributed by atoms with E-state index in [4.69, 9.17) is 4.74 Å². The zero-order chi connectivity index (χ0) is 19.1. The maximum Gasteiger partial charge on any atom is 0.333 e. The zero-order valence-corrected chi connectivity index (χ0v) is 15.6. The van der Waals surface area contributed by atoms with Gasteiger partial charge in [0, 0.05) is 6.54 Å². The summed E-state index contributed by atoms with van der Waals surface area (Å²) in [5, 5.41) is 15.9. The van der Waals surface area contributed by atoms with Gasteiger partial charge in [-0.2, -0.15) is 0 Å². The second-order valence-corrected chi connectivity index (χ2v) is 6.67. The molecule has 140 valence electrons. The number of carbonyl (C=O) groups is 2. The Balaban J connectivity index is 1.72. The molecule has 1 atom stereocenters. The van der Waals surface area contributed by atoms with E-state index in [1.165, 1.54) is 11.3 Å². The number of carbonyl (C=O) groups excluding carboxylic acids is 2. The number of tetrazole rings is 1. The molecule has 0 aliphatic carbocycles. The molecule has 9 heteroatoms. The normalized spacial score (nSPS) is 11.7. The van der Waals surface area contributed by atoms with Gasteiger partial charge in [-0.3, -0.25) is 4.79 Å². The minimum atomic E-state index is -0.920. The fourth-order valence-corrected chi connectivity index (χ4v) is 3.09. The van der Waals surface area contributed by atoms with E-state index in [0.29, 0.717) is 22.8 Å². The summed E-state index contributed by atoms with van der Waals surface area (Å²) in [5.41, 5.74) is 0.639. The summed E-state index contributed by atoms with van der Waals surface area (Å²) >= 11 is 1.30. The van der Waals surface area contributed by atoms with Crippen molar-refractivity contribution in [1.82, 2.24) is 25.5 Å². The summed E-state index contributed by atoms with van der Waals surface area (Å²) in [6.45, 7) is 2.57. The molecular weight excluding hydrogens is 366 g/mol. The van der Waals surface area contributed by atoms with Gasteiger partial charge in [-0.25, -0.2) is 9.48 Å². The molecular formula is C18H19N5O3S. The quantitative estimate of drug-likeness (QED) is 0.598. The zero-order valence-electron chi connectivity index (χ0n) is 14.7. The van der Waals surface area contributed by atoms with Crippen LogP contribution in [0.5, 0.6) is 0 Å². The van der Waals surface area contributed by atoms with Gasteiger partial charge in [-0.15, -0.1) is 16.4 Å². The molecule has 27 heavy (non-hydrogen) atoms. The lowest BCUT2D eigenvalue weighted by atomic mass is 10.1. The maximum absolute atomic E-state index is 12.7. The lowest BCUT2D eigenvalue weighted by Gasteiger charge is -2.17. The summed E-state index contributed by atoms with van der Waals surface area (Å²) in [7, 11) is 0. The van der Waals surface area contributed by atoms with Crippen LogP contribution in [0.25, 0.3) is 0 Å².